The van der Waals surface area contributed by atoms with Crippen molar-refractivity contribution in [2.24, 2.45) is 11.8 Å². The Labute approximate surface area is 591 Å². The molecule has 4 nitrogen and oxygen atoms in total. The minimum atomic E-state index is -0.976. The van der Waals surface area contributed by atoms with Crippen LogP contribution in [0.15, 0.2) is 60.7 Å². The molecule has 10 rings (SSSR count). The molecule has 0 saturated carbocycles. The number of halogens is 4. The monoisotopic (exact) mass is 1420 g/mol. The maximum Gasteiger partial charge on any atom is 0.170 e. The highest BCUT2D eigenvalue weighted by molar-refractivity contribution is 7.27. The molecule has 8 heterocycles. The molecule has 10 aromatic rings. The van der Waals surface area contributed by atoms with Crippen LogP contribution in [0.25, 0.3) is 93.1 Å². The summed E-state index contributed by atoms with van der Waals surface area (Å²) in [5, 5.41) is 0. The maximum atomic E-state index is 17.3. The number of benzene rings is 2. The van der Waals surface area contributed by atoms with Crippen molar-refractivity contribution in [3.8, 4) is 71.0 Å². The molecule has 0 aliphatic carbocycles. The maximum absolute atomic E-state index is 17.3. The van der Waals surface area contributed by atoms with Crippen LogP contribution in [-0.2, 0) is 12.8 Å². The van der Waals surface area contributed by atoms with Crippen LogP contribution >= 0.6 is 91.5 Å². The van der Waals surface area contributed by atoms with Crippen LogP contribution in [-0.4, -0.2) is 17.5 Å². The molecule has 2 atom stereocenters. The number of fused-ring (bicyclic) bond motifs is 2. The van der Waals surface area contributed by atoms with Gasteiger partial charge in [-0.1, -0.05) is 233 Å². The summed E-state index contributed by atoms with van der Waals surface area (Å²) in [7, 11) is 0. The molecule has 0 bridgehead atoms. The van der Waals surface area contributed by atoms with Crippen LogP contribution in [0.1, 0.15) is 254 Å². The van der Waals surface area contributed by atoms with Crippen LogP contribution in [0.4, 0.5) is 17.6 Å². The van der Waals surface area contributed by atoms with Gasteiger partial charge < -0.3 is 0 Å². The van der Waals surface area contributed by atoms with Gasteiger partial charge in [0.2, 0.25) is 0 Å². The van der Waals surface area contributed by atoms with Gasteiger partial charge in [0, 0.05) is 58.5 Å². The third-order valence-corrected chi connectivity index (χ3v) is 27.4. The highest BCUT2D eigenvalue weighted by atomic mass is 32.1. The Morgan fingerprint density at radius 3 is 0.979 bits per heavy atom. The Bertz CT molecular complexity index is 3920. The number of rotatable bonds is 43. The molecule has 0 aliphatic heterocycles. The highest BCUT2D eigenvalue weighted by Gasteiger charge is 2.30. The third-order valence-electron chi connectivity index (χ3n) is 19.2. The predicted octanol–water partition coefficient (Wildman–Crippen LogP) is 29.8. The fourth-order valence-corrected chi connectivity index (χ4v) is 21.5. The van der Waals surface area contributed by atoms with Crippen molar-refractivity contribution in [1.29, 1.82) is 0 Å². The Balaban J connectivity index is 0.932. The molecule has 2 aromatic carbocycles. The van der Waals surface area contributed by atoms with Gasteiger partial charge in [0.15, 0.2) is 23.3 Å². The second-order valence-corrected chi connectivity index (χ2v) is 34.4. The van der Waals surface area contributed by atoms with Gasteiger partial charge in [0.05, 0.1) is 45.7 Å². The Morgan fingerprint density at radius 2 is 0.606 bits per heavy atom. The first-order valence-corrected chi connectivity index (χ1v) is 42.2. The summed E-state index contributed by atoms with van der Waals surface area (Å²) >= 11 is 11.3. The molecule has 506 valence electrons. The zero-order valence-corrected chi connectivity index (χ0v) is 63.1. The Morgan fingerprint density at radius 1 is 0.309 bits per heavy atom. The zero-order valence-electron chi connectivity index (χ0n) is 56.5. The van der Waals surface area contributed by atoms with Gasteiger partial charge in [-0.3, -0.25) is 0 Å². The van der Waals surface area contributed by atoms with Crippen molar-refractivity contribution in [1.82, 2.24) is 17.5 Å². The summed E-state index contributed by atoms with van der Waals surface area (Å²) in [4.78, 5) is 11.2. The molecule has 94 heavy (non-hydrogen) atoms. The molecular weight excluding hydrogens is 1330 g/mol. The van der Waals surface area contributed by atoms with Gasteiger partial charge in [0.1, 0.15) is 22.1 Å². The van der Waals surface area contributed by atoms with Crippen molar-refractivity contribution >= 4 is 114 Å². The van der Waals surface area contributed by atoms with E-state index < -0.39 is 23.3 Å². The lowest BCUT2D eigenvalue weighted by Gasteiger charge is -2.17. The number of hydrogen-bond donors (Lipinski definition) is 0. The number of nitrogens with zero attached hydrogens (tertiary/aromatic N) is 4. The molecule has 8 aromatic heterocycles. The van der Waals surface area contributed by atoms with E-state index in [4.69, 9.17) is 4.37 Å². The predicted molar refractivity (Wildman–Crippen MR) is 408 cm³/mol. The van der Waals surface area contributed by atoms with Crippen LogP contribution in [0.3, 0.4) is 0 Å². The van der Waals surface area contributed by atoms with E-state index in [1.54, 1.807) is 18.2 Å². The minimum absolute atomic E-state index is 0.0626. The summed E-state index contributed by atoms with van der Waals surface area (Å²) in [6.07, 6.45) is 44.4. The summed E-state index contributed by atoms with van der Waals surface area (Å²) in [6.45, 7) is 13.5. The Kier molecular flexibility index (Phi) is 28.8. The number of hydrogen-bond acceptors (Lipinski definition) is 12. The van der Waals surface area contributed by atoms with E-state index in [-0.39, 0.29) is 22.3 Å². The summed E-state index contributed by atoms with van der Waals surface area (Å²) in [5.41, 5.74) is 4.60. The zero-order chi connectivity index (χ0) is 65.8. The lowest BCUT2D eigenvalue weighted by atomic mass is 9.88. The van der Waals surface area contributed by atoms with Gasteiger partial charge in [-0.25, -0.2) is 17.6 Å². The van der Waals surface area contributed by atoms with E-state index in [0.29, 0.717) is 53.4 Å². The van der Waals surface area contributed by atoms with Crippen LogP contribution in [0.2, 0.25) is 0 Å². The molecular formula is C78H98F4N4S8. The van der Waals surface area contributed by atoms with Gasteiger partial charge in [-0.05, 0) is 110 Å². The standard InChI is InChI=1S/C78H98F4N4S8/c1-7-11-15-19-23-25-29-33-36-53(35-31-27-21-17-13-9-3)47-55-49-64(88-52(55)6)65-50-56(48-54(37-32-28-22-18-14-10-4)38-34-30-26-24-20-16-12-8-2)78(92-65)63-46-45-62(91-63)69-73(82)72(81)68(76-77(69)86-94-85-76)61-44-42-58(90-61)57-41-43-60(89-57)67-71(80)70(79)66(59-40-39-51(5)87-59)74-75(67)84-93-83-74/h39-46,49-50,53-54H,7-38,47-48H2,1-6H3. The molecule has 0 amide bonds. The number of aromatic nitrogens is 4. The first kappa shape index (κ1) is 72.7. The lowest BCUT2D eigenvalue weighted by molar-refractivity contribution is 0.400. The first-order chi connectivity index (χ1) is 46.0. The number of thiophene rings is 6. The van der Waals surface area contributed by atoms with Gasteiger partial charge in [-0.2, -0.15) is 17.5 Å². The molecule has 0 fully saturated rings. The molecule has 0 aliphatic rings. The van der Waals surface area contributed by atoms with Crippen LogP contribution in [0, 0.1) is 49.0 Å². The molecule has 2 unspecified atom stereocenters. The van der Waals surface area contributed by atoms with E-state index in [2.05, 4.69) is 65.9 Å². The summed E-state index contributed by atoms with van der Waals surface area (Å²) in [5.74, 6) is -2.55. The van der Waals surface area contributed by atoms with Gasteiger partial charge >= 0.3 is 0 Å². The normalized spacial score (nSPS) is 12.7. The first-order valence-electron chi connectivity index (χ1n) is 35.9. The second kappa shape index (κ2) is 37.3. The third kappa shape index (κ3) is 18.8. The molecule has 0 radical (unpaired) electrons. The average Bonchev–Trinajstić information content (AvgIpc) is 1.61. The topological polar surface area (TPSA) is 51.6 Å². The quantitative estimate of drug-likeness (QED) is 0.0282. The fourth-order valence-electron chi connectivity index (χ4n) is 13.8. The van der Waals surface area contributed by atoms with E-state index in [1.165, 1.54) is 281 Å². The summed E-state index contributed by atoms with van der Waals surface area (Å²) in [6, 6.07) is 20.1. The SMILES string of the molecule is CCCCCCCCCCC(CCCCCCCC)Cc1cc(-c2cc(CC(CCCCCCCC)CCCCCCCCCC)c(-c3ccc(-c4c(F)c(F)c(-c5ccc(-c6ccc(-c7c(F)c(F)c(-c8ccc(C)s8)c8nsnc78)s6)s5)c5nsnc45)s3)s2)sc1C. The van der Waals surface area contributed by atoms with E-state index in [1.807, 2.05) is 53.9 Å². The van der Waals surface area contributed by atoms with E-state index in [0.717, 1.165) is 55.8 Å². The largest absolute Gasteiger partial charge is 0.203 e. The van der Waals surface area contributed by atoms with Crippen LogP contribution in [0.5, 0.6) is 0 Å². The molecule has 0 spiro atoms. The number of unbranched alkanes of at least 4 members (excludes halogenated alkanes) is 24. The fraction of sp³-hybridized carbons (Fsp3) is 0.538. The average molecular weight is 1420 g/mol. The molecule has 0 saturated heterocycles. The van der Waals surface area contributed by atoms with Crippen molar-refractivity contribution in [3.05, 3.63) is 105 Å². The van der Waals surface area contributed by atoms with Gasteiger partial charge in [-0.15, -0.1) is 68.0 Å². The van der Waals surface area contributed by atoms with Gasteiger partial charge in [0.25, 0.3) is 0 Å². The second-order valence-electron chi connectivity index (χ2n) is 26.5. The van der Waals surface area contributed by atoms with E-state index in [9.17, 15) is 0 Å². The van der Waals surface area contributed by atoms with Crippen molar-refractivity contribution < 1.29 is 17.6 Å². The smallest absolute Gasteiger partial charge is 0.170 e. The Hall–Kier alpha value is -4.00. The van der Waals surface area contributed by atoms with Crippen molar-refractivity contribution in [3.63, 3.8) is 0 Å². The molecule has 0 N–H and O–H groups in total. The highest BCUT2D eigenvalue weighted by Crippen LogP contribution is 2.51. The van der Waals surface area contributed by atoms with Crippen molar-refractivity contribution in [2.45, 2.75) is 260 Å². The van der Waals surface area contributed by atoms with E-state index >= 15 is 17.6 Å². The summed E-state index contributed by atoms with van der Waals surface area (Å²) < 4.78 is 85.2. The number of aryl methyl sites for hydroxylation is 2. The van der Waals surface area contributed by atoms with Crippen LogP contribution < -0.4 is 0 Å². The lowest BCUT2D eigenvalue weighted by Crippen LogP contribution is -2.05. The van der Waals surface area contributed by atoms with Crippen molar-refractivity contribution in [2.75, 3.05) is 0 Å². The minimum Gasteiger partial charge on any atom is -0.203 e. The molecule has 16 heteroatoms.